The van der Waals surface area contributed by atoms with Gasteiger partial charge in [-0.15, -0.1) is 0 Å². The van der Waals surface area contributed by atoms with Crippen LogP contribution in [0, 0.1) is 22.7 Å². The van der Waals surface area contributed by atoms with E-state index < -0.39 is 11.5 Å². The van der Waals surface area contributed by atoms with E-state index in [9.17, 15) is 20.7 Å². The predicted octanol–water partition coefficient (Wildman–Crippen LogP) is 2.44. The number of hydrogen-bond acceptors (Lipinski definition) is 5. The minimum Gasteiger partial charge on any atom is -0.504 e. The second-order valence-electron chi connectivity index (χ2n) is 4.36. The fourth-order valence-corrected chi connectivity index (χ4v) is 2.14. The zero-order valence-electron chi connectivity index (χ0n) is 11.3. The summed E-state index contributed by atoms with van der Waals surface area (Å²) < 4.78 is 5.24. The number of nitriles is 2. The van der Waals surface area contributed by atoms with E-state index in [1.165, 1.54) is 7.11 Å². The second-order valence-corrected chi connectivity index (χ2v) is 4.36. The first-order valence-electron chi connectivity index (χ1n) is 6.12. The highest BCUT2D eigenvalue weighted by Crippen LogP contribution is 2.35. The van der Waals surface area contributed by atoms with Crippen LogP contribution in [-0.2, 0) is 6.42 Å². The first kappa shape index (κ1) is 14.2. The van der Waals surface area contributed by atoms with Crippen LogP contribution in [-0.4, -0.2) is 17.3 Å². The van der Waals surface area contributed by atoms with Crippen molar-refractivity contribution in [2.45, 2.75) is 6.42 Å². The molecule has 0 atom stereocenters. The minimum absolute atomic E-state index is 0.0996. The maximum absolute atomic E-state index is 9.79. The minimum atomic E-state index is -0.513. The Hall–Kier alpha value is -3.18. The lowest BCUT2D eigenvalue weighted by Gasteiger charge is -2.12. The topological polar surface area (TPSA) is 97.3 Å². The number of benzene rings is 2. The summed E-state index contributed by atoms with van der Waals surface area (Å²) in [5, 5.41) is 37.7. The Morgan fingerprint density at radius 1 is 1.14 bits per heavy atom. The molecule has 0 bridgehead atoms. The molecule has 0 unspecified atom stereocenters. The van der Waals surface area contributed by atoms with E-state index in [4.69, 9.17) is 4.74 Å². The summed E-state index contributed by atoms with van der Waals surface area (Å²) in [4.78, 5) is 0. The monoisotopic (exact) mass is 280 g/mol. The molecule has 2 N–H and O–H groups in total. The van der Waals surface area contributed by atoms with E-state index >= 15 is 0 Å². The van der Waals surface area contributed by atoms with Gasteiger partial charge in [-0.3, -0.25) is 0 Å². The zero-order chi connectivity index (χ0) is 15.4. The van der Waals surface area contributed by atoms with Crippen molar-refractivity contribution in [1.82, 2.24) is 0 Å². The van der Waals surface area contributed by atoms with Crippen LogP contribution in [0.25, 0.3) is 0 Å². The second kappa shape index (κ2) is 5.85. The average molecular weight is 280 g/mol. The Morgan fingerprint density at radius 3 is 2.48 bits per heavy atom. The molecule has 2 aromatic carbocycles. The van der Waals surface area contributed by atoms with Crippen molar-refractivity contribution in [2.24, 2.45) is 0 Å². The molecule has 2 aromatic rings. The van der Waals surface area contributed by atoms with E-state index in [1.807, 2.05) is 30.3 Å². The lowest BCUT2D eigenvalue weighted by molar-refractivity contribution is 0.401. The van der Waals surface area contributed by atoms with E-state index in [0.717, 1.165) is 11.6 Å². The van der Waals surface area contributed by atoms with Gasteiger partial charge >= 0.3 is 0 Å². The lowest BCUT2D eigenvalue weighted by atomic mass is 9.94. The molecule has 2 rings (SSSR count). The number of methoxy groups -OCH3 is 1. The summed E-state index contributed by atoms with van der Waals surface area (Å²) in [6, 6.07) is 12.1. The van der Waals surface area contributed by atoms with Gasteiger partial charge in [-0.05, 0) is 17.2 Å². The van der Waals surface area contributed by atoms with Crippen molar-refractivity contribution >= 4 is 0 Å². The Labute approximate surface area is 121 Å². The van der Waals surface area contributed by atoms with Gasteiger partial charge in [0.25, 0.3) is 0 Å². The van der Waals surface area contributed by atoms with Gasteiger partial charge < -0.3 is 14.9 Å². The van der Waals surface area contributed by atoms with E-state index in [1.54, 1.807) is 6.07 Å². The number of para-hydroxylation sites is 1. The van der Waals surface area contributed by atoms with Gasteiger partial charge in [-0.25, -0.2) is 0 Å². The van der Waals surface area contributed by atoms with Gasteiger partial charge in [0.15, 0.2) is 11.5 Å². The standard InChI is InChI=1S/C16H12N2O3/c1-21-15-5-3-2-4-10(15)6-12-11(8-17)7-14(19)16(20)13(12)9-18/h2-5,7,19-20H,6H2,1H3. The number of phenolic OH excluding ortho intramolecular Hbond substituents is 2. The van der Waals surface area contributed by atoms with Crippen molar-refractivity contribution in [3.05, 3.63) is 52.6 Å². The molecule has 0 heterocycles. The maximum Gasteiger partial charge on any atom is 0.175 e. The molecule has 5 nitrogen and oxygen atoms in total. The molecule has 21 heavy (non-hydrogen) atoms. The third-order valence-corrected chi connectivity index (χ3v) is 3.18. The average Bonchev–Trinajstić information content (AvgIpc) is 2.51. The summed E-state index contributed by atoms with van der Waals surface area (Å²) in [6.07, 6.45) is 0.240. The number of aromatic hydroxyl groups is 2. The summed E-state index contributed by atoms with van der Waals surface area (Å²) in [5.74, 6) is -0.369. The van der Waals surface area contributed by atoms with E-state index in [0.29, 0.717) is 11.3 Å². The Bertz CT molecular complexity index is 770. The van der Waals surface area contributed by atoms with Crippen molar-refractivity contribution in [1.29, 1.82) is 10.5 Å². The molecule has 104 valence electrons. The van der Waals surface area contributed by atoms with Crippen molar-refractivity contribution in [3.8, 4) is 29.4 Å². The van der Waals surface area contributed by atoms with Gasteiger partial charge in [0.05, 0.1) is 18.7 Å². The third-order valence-electron chi connectivity index (χ3n) is 3.18. The molecule has 0 spiro atoms. The number of ether oxygens (including phenoxy) is 1. The van der Waals surface area contributed by atoms with E-state index in [2.05, 4.69) is 0 Å². The molecule has 0 aliphatic carbocycles. The highest BCUT2D eigenvalue weighted by Gasteiger charge is 2.18. The molecule has 0 radical (unpaired) electrons. The molecular weight excluding hydrogens is 268 g/mol. The van der Waals surface area contributed by atoms with Crippen LogP contribution in [0.5, 0.6) is 17.2 Å². The Kier molecular flexibility index (Phi) is 3.97. The van der Waals surface area contributed by atoms with Crippen LogP contribution in [0.3, 0.4) is 0 Å². The highest BCUT2D eigenvalue weighted by atomic mass is 16.5. The van der Waals surface area contributed by atoms with Gasteiger partial charge in [0.1, 0.15) is 17.4 Å². The first-order valence-corrected chi connectivity index (χ1v) is 6.12. The molecular formula is C16H12N2O3. The molecule has 0 fully saturated rings. The molecule has 0 saturated heterocycles. The smallest absolute Gasteiger partial charge is 0.175 e. The van der Waals surface area contributed by atoms with Crippen molar-refractivity contribution < 1.29 is 14.9 Å². The number of phenols is 2. The SMILES string of the molecule is COc1ccccc1Cc1c(C#N)cc(O)c(O)c1C#N. The van der Waals surface area contributed by atoms with Crippen LogP contribution in [0.15, 0.2) is 30.3 Å². The first-order chi connectivity index (χ1) is 10.1. The number of nitrogens with zero attached hydrogens (tertiary/aromatic N) is 2. The number of rotatable bonds is 3. The highest BCUT2D eigenvalue weighted by molar-refractivity contribution is 5.62. The molecule has 5 heteroatoms. The van der Waals surface area contributed by atoms with Crippen LogP contribution < -0.4 is 4.74 Å². The summed E-state index contributed by atoms with van der Waals surface area (Å²) in [6.45, 7) is 0. The predicted molar refractivity (Wildman–Crippen MR) is 75.0 cm³/mol. The fourth-order valence-electron chi connectivity index (χ4n) is 2.14. The molecule has 0 saturated carbocycles. The quantitative estimate of drug-likeness (QED) is 0.841. The van der Waals surface area contributed by atoms with Crippen LogP contribution in [0.2, 0.25) is 0 Å². The molecule has 0 aliphatic heterocycles. The molecule has 0 amide bonds. The van der Waals surface area contributed by atoms with Gasteiger partial charge in [-0.1, -0.05) is 18.2 Å². The van der Waals surface area contributed by atoms with Crippen molar-refractivity contribution in [3.63, 3.8) is 0 Å². The zero-order valence-corrected chi connectivity index (χ0v) is 11.3. The van der Waals surface area contributed by atoms with Crippen LogP contribution >= 0.6 is 0 Å². The van der Waals surface area contributed by atoms with Gasteiger partial charge in [-0.2, -0.15) is 10.5 Å². The lowest BCUT2D eigenvalue weighted by Crippen LogP contribution is -2.00. The largest absolute Gasteiger partial charge is 0.504 e. The number of hydrogen-bond donors (Lipinski definition) is 2. The maximum atomic E-state index is 9.79. The van der Waals surface area contributed by atoms with E-state index in [-0.39, 0.29) is 17.5 Å². The van der Waals surface area contributed by atoms with Gasteiger partial charge in [0, 0.05) is 12.5 Å². The summed E-state index contributed by atoms with van der Waals surface area (Å²) in [7, 11) is 1.53. The summed E-state index contributed by atoms with van der Waals surface area (Å²) in [5.41, 5.74) is 1.18. The van der Waals surface area contributed by atoms with Crippen molar-refractivity contribution in [2.75, 3.05) is 7.11 Å². The Morgan fingerprint density at radius 2 is 1.86 bits per heavy atom. The fraction of sp³-hybridized carbons (Fsp3) is 0.125. The normalized spacial score (nSPS) is 9.67. The Balaban J connectivity index is 2.62. The molecule has 0 aromatic heterocycles. The van der Waals surface area contributed by atoms with Gasteiger partial charge in [0.2, 0.25) is 0 Å². The van der Waals surface area contributed by atoms with Crippen LogP contribution in [0.4, 0.5) is 0 Å². The summed E-state index contributed by atoms with van der Waals surface area (Å²) >= 11 is 0. The third kappa shape index (κ3) is 2.58. The van der Waals surface area contributed by atoms with Crippen LogP contribution in [0.1, 0.15) is 22.3 Å². The molecule has 0 aliphatic rings.